The Kier molecular flexibility index (Phi) is 4.89. The van der Waals surface area contributed by atoms with Gasteiger partial charge in [0.15, 0.2) is 0 Å². The number of nitrogens with zero attached hydrogens (tertiary/aromatic N) is 1. The molecule has 0 aliphatic rings. The van der Waals surface area contributed by atoms with Gasteiger partial charge in [-0.2, -0.15) is 5.26 Å². The summed E-state index contributed by atoms with van der Waals surface area (Å²) < 4.78 is 14.1. The number of halogens is 2. The maximum absolute atomic E-state index is 13.2. The van der Waals surface area contributed by atoms with E-state index in [4.69, 9.17) is 5.26 Å². The maximum Gasteiger partial charge on any atom is 0.123 e. The average Bonchev–Trinajstić information content (AvgIpc) is 2.48. The van der Waals surface area contributed by atoms with Crippen LogP contribution in [0.5, 0.6) is 0 Å². The van der Waals surface area contributed by atoms with E-state index in [2.05, 4.69) is 27.3 Å². The van der Waals surface area contributed by atoms with Gasteiger partial charge >= 0.3 is 0 Å². The molecule has 0 fully saturated rings. The Hall–Kier alpha value is -1.70. The molecular weight excluding hydrogens is 319 g/mol. The zero-order valence-electron chi connectivity index (χ0n) is 11.0. The van der Waals surface area contributed by atoms with Crippen LogP contribution in [0.2, 0.25) is 0 Å². The molecule has 4 heteroatoms. The molecule has 1 N–H and O–H groups in total. The van der Waals surface area contributed by atoms with Gasteiger partial charge < -0.3 is 5.32 Å². The number of benzene rings is 2. The normalized spacial score (nSPS) is 11.9. The summed E-state index contributed by atoms with van der Waals surface area (Å²) >= 11 is 3.41. The van der Waals surface area contributed by atoms with Gasteiger partial charge in [-0.3, -0.25) is 0 Å². The second-order valence-electron chi connectivity index (χ2n) is 4.57. The van der Waals surface area contributed by atoms with E-state index in [1.54, 1.807) is 18.2 Å². The minimum absolute atomic E-state index is 0.123. The van der Waals surface area contributed by atoms with Crippen molar-refractivity contribution in [2.24, 2.45) is 0 Å². The van der Waals surface area contributed by atoms with Gasteiger partial charge in [-0.25, -0.2) is 4.39 Å². The van der Waals surface area contributed by atoms with Crippen LogP contribution in [-0.4, -0.2) is 0 Å². The van der Waals surface area contributed by atoms with E-state index in [-0.39, 0.29) is 11.9 Å². The standard InChI is InChI=1S/C16H14BrFN2/c1-11(13-4-2-12(9-19)3-5-13)20-10-14-8-15(18)6-7-16(14)17/h2-8,11,20H,10H2,1H3. The molecule has 0 heterocycles. The van der Waals surface area contributed by atoms with E-state index in [1.807, 2.05) is 19.1 Å². The lowest BCUT2D eigenvalue weighted by molar-refractivity contribution is 0.568. The summed E-state index contributed by atoms with van der Waals surface area (Å²) in [6.45, 7) is 2.61. The summed E-state index contributed by atoms with van der Waals surface area (Å²) in [5.41, 5.74) is 2.62. The highest BCUT2D eigenvalue weighted by molar-refractivity contribution is 9.10. The van der Waals surface area contributed by atoms with Gasteiger partial charge in [0.2, 0.25) is 0 Å². The molecule has 2 aromatic rings. The first-order valence-corrected chi connectivity index (χ1v) is 7.07. The summed E-state index contributed by atoms with van der Waals surface area (Å²) in [5, 5.41) is 12.1. The SMILES string of the molecule is CC(NCc1cc(F)ccc1Br)c1ccc(C#N)cc1. The van der Waals surface area contributed by atoms with Gasteiger partial charge in [-0.1, -0.05) is 28.1 Å². The van der Waals surface area contributed by atoms with Crippen molar-refractivity contribution in [3.8, 4) is 6.07 Å². The van der Waals surface area contributed by atoms with Crippen molar-refractivity contribution in [3.05, 3.63) is 69.4 Å². The third-order valence-electron chi connectivity index (χ3n) is 3.15. The highest BCUT2D eigenvalue weighted by atomic mass is 79.9. The molecule has 0 bridgehead atoms. The smallest absolute Gasteiger partial charge is 0.123 e. The lowest BCUT2D eigenvalue weighted by Gasteiger charge is -2.15. The Labute approximate surface area is 126 Å². The van der Waals surface area contributed by atoms with Crippen molar-refractivity contribution in [1.29, 1.82) is 5.26 Å². The van der Waals surface area contributed by atoms with Gasteiger partial charge in [0, 0.05) is 17.1 Å². The highest BCUT2D eigenvalue weighted by Gasteiger charge is 2.07. The number of nitriles is 1. The zero-order chi connectivity index (χ0) is 14.5. The third-order valence-corrected chi connectivity index (χ3v) is 3.92. The largest absolute Gasteiger partial charge is 0.306 e. The predicted octanol–water partition coefficient (Wildman–Crippen LogP) is 4.31. The second-order valence-corrected chi connectivity index (χ2v) is 5.43. The van der Waals surface area contributed by atoms with Crippen LogP contribution in [0.3, 0.4) is 0 Å². The van der Waals surface area contributed by atoms with Gasteiger partial charge in [0.05, 0.1) is 11.6 Å². The molecule has 0 aliphatic carbocycles. The minimum atomic E-state index is -0.240. The summed E-state index contributed by atoms with van der Waals surface area (Å²) in [5.74, 6) is -0.240. The first kappa shape index (κ1) is 14.7. The number of hydrogen-bond acceptors (Lipinski definition) is 2. The molecule has 2 rings (SSSR count). The molecule has 1 atom stereocenters. The number of rotatable bonds is 4. The monoisotopic (exact) mass is 332 g/mol. The quantitative estimate of drug-likeness (QED) is 0.905. The molecule has 0 radical (unpaired) electrons. The summed E-state index contributed by atoms with van der Waals surface area (Å²) in [7, 11) is 0. The van der Waals surface area contributed by atoms with Crippen molar-refractivity contribution >= 4 is 15.9 Å². The number of nitrogens with one attached hydrogen (secondary N) is 1. The van der Waals surface area contributed by atoms with Crippen molar-refractivity contribution in [1.82, 2.24) is 5.32 Å². The van der Waals surface area contributed by atoms with E-state index in [1.165, 1.54) is 12.1 Å². The van der Waals surface area contributed by atoms with Crippen molar-refractivity contribution in [2.75, 3.05) is 0 Å². The summed E-state index contributed by atoms with van der Waals surface area (Å²) in [6.07, 6.45) is 0. The Morgan fingerprint density at radius 1 is 1.25 bits per heavy atom. The Balaban J connectivity index is 2.02. The lowest BCUT2D eigenvalue weighted by atomic mass is 10.1. The van der Waals surface area contributed by atoms with Crippen LogP contribution in [0.4, 0.5) is 4.39 Å². The van der Waals surface area contributed by atoms with E-state index in [0.29, 0.717) is 12.1 Å². The molecule has 0 amide bonds. The molecule has 2 nitrogen and oxygen atoms in total. The molecule has 0 saturated heterocycles. The fraction of sp³-hybridized carbons (Fsp3) is 0.188. The van der Waals surface area contributed by atoms with Crippen LogP contribution in [0, 0.1) is 17.1 Å². The van der Waals surface area contributed by atoms with Crippen LogP contribution in [0.1, 0.15) is 29.7 Å². The average molecular weight is 333 g/mol. The molecule has 1 unspecified atom stereocenters. The molecule has 0 aliphatic heterocycles. The zero-order valence-corrected chi connectivity index (χ0v) is 12.6. The topological polar surface area (TPSA) is 35.8 Å². The first-order chi connectivity index (χ1) is 9.60. The molecule has 102 valence electrons. The molecule has 0 saturated carbocycles. The minimum Gasteiger partial charge on any atom is -0.306 e. The highest BCUT2D eigenvalue weighted by Crippen LogP contribution is 2.19. The second kappa shape index (κ2) is 6.65. The van der Waals surface area contributed by atoms with E-state index >= 15 is 0 Å². The van der Waals surface area contributed by atoms with Crippen LogP contribution in [0.15, 0.2) is 46.9 Å². The Morgan fingerprint density at radius 3 is 2.60 bits per heavy atom. The van der Waals surface area contributed by atoms with Crippen molar-refractivity contribution in [3.63, 3.8) is 0 Å². The third kappa shape index (κ3) is 3.66. The number of hydrogen-bond donors (Lipinski definition) is 1. The van der Waals surface area contributed by atoms with E-state index < -0.39 is 0 Å². The van der Waals surface area contributed by atoms with Gasteiger partial charge in [0.1, 0.15) is 5.82 Å². The maximum atomic E-state index is 13.2. The van der Waals surface area contributed by atoms with Gasteiger partial charge in [0.25, 0.3) is 0 Å². The fourth-order valence-corrected chi connectivity index (χ4v) is 2.29. The van der Waals surface area contributed by atoms with Crippen LogP contribution < -0.4 is 5.32 Å². The Bertz CT molecular complexity index is 632. The molecular formula is C16H14BrFN2. The molecule has 20 heavy (non-hydrogen) atoms. The Morgan fingerprint density at radius 2 is 1.95 bits per heavy atom. The van der Waals surface area contributed by atoms with Crippen LogP contribution >= 0.6 is 15.9 Å². The van der Waals surface area contributed by atoms with Crippen molar-refractivity contribution < 1.29 is 4.39 Å². The molecule has 0 aromatic heterocycles. The van der Waals surface area contributed by atoms with Crippen LogP contribution in [-0.2, 0) is 6.54 Å². The lowest BCUT2D eigenvalue weighted by Crippen LogP contribution is -2.18. The van der Waals surface area contributed by atoms with E-state index in [0.717, 1.165) is 15.6 Å². The summed E-state index contributed by atoms with van der Waals surface area (Å²) in [6, 6.07) is 14.3. The first-order valence-electron chi connectivity index (χ1n) is 6.27. The fourth-order valence-electron chi connectivity index (χ4n) is 1.91. The molecule has 0 spiro atoms. The molecule has 2 aromatic carbocycles. The van der Waals surface area contributed by atoms with Gasteiger partial charge in [-0.15, -0.1) is 0 Å². The van der Waals surface area contributed by atoms with E-state index in [9.17, 15) is 4.39 Å². The van der Waals surface area contributed by atoms with Gasteiger partial charge in [-0.05, 0) is 48.4 Å². The predicted molar refractivity (Wildman–Crippen MR) is 80.5 cm³/mol. The van der Waals surface area contributed by atoms with Crippen LogP contribution in [0.25, 0.3) is 0 Å². The summed E-state index contributed by atoms with van der Waals surface area (Å²) in [4.78, 5) is 0. The van der Waals surface area contributed by atoms with Crippen molar-refractivity contribution in [2.45, 2.75) is 19.5 Å².